The lowest BCUT2D eigenvalue weighted by atomic mass is 9.88. The predicted octanol–water partition coefficient (Wildman–Crippen LogP) is 1.46. The van der Waals surface area contributed by atoms with E-state index in [1.165, 1.54) is 6.07 Å². The molecule has 1 aliphatic rings. The van der Waals surface area contributed by atoms with Gasteiger partial charge in [-0.3, -0.25) is 9.59 Å². The van der Waals surface area contributed by atoms with Gasteiger partial charge in [0.15, 0.2) is 0 Å². The lowest BCUT2D eigenvalue weighted by Crippen LogP contribution is -2.23. The van der Waals surface area contributed by atoms with Crippen LogP contribution < -0.4 is 0 Å². The number of phenols is 2. The molecule has 0 saturated heterocycles. The van der Waals surface area contributed by atoms with E-state index in [-0.39, 0.29) is 11.1 Å². The summed E-state index contributed by atoms with van der Waals surface area (Å²) >= 11 is 0. The lowest BCUT2D eigenvalue weighted by Gasteiger charge is -2.19. The fourth-order valence-electron chi connectivity index (χ4n) is 2.06. The molecule has 19 heavy (non-hydrogen) atoms. The molecule has 0 atom stereocenters. The molecule has 0 aliphatic heterocycles. The summed E-state index contributed by atoms with van der Waals surface area (Å²) in [6.07, 6.45) is 0.357. The number of fused-ring (bicyclic) bond motifs is 1. The number of ether oxygens (including phenoxy) is 1. The Morgan fingerprint density at radius 2 is 1.74 bits per heavy atom. The van der Waals surface area contributed by atoms with E-state index in [2.05, 4.69) is 4.74 Å². The maximum absolute atomic E-state index is 12.0. The molecular weight excluding hydrogens is 252 g/mol. The summed E-state index contributed by atoms with van der Waals surface area (Å²) in [5.74, 6) is -4.04. The highest BCUT2D eigenvalue weighted by atomic mass is 16.5. The number of aromatic hydroxyl groups is 2. The first-order valence-electron chi connectivity index (χ1n) is 5.58. The molecule has 2 rings (SSSR count). The molecule has 1 aliphatic carbocycles. The summed E-state index contributed by atoms with van der Waals surface area (Å²) in [7, 11) is 1.12. The van der Waals surface area contributed by atoms with Crippen LogP contribution in [-0.4, -0.2) is 34.0 Å². The molecule has 0 unspecified atom stereocenters. The van der Waals surface area contributed by atoms with Crippen molar-refractivity contribution in [2.24, 2.45) is 0 Å². The average Bonchev–Trinajstić information content (AvgIpc) is 2.38. The second-order valence-corrected chi connectivity index (χ2v) is 4.05. The third-order valence-corrected chi connectivity index (χ3v) is 3.03. The van der Waals surface area contributed by atoms with Crippen molar-refractivity contribution in [2.45, 2.75) is 13.3 Å². The van der Waals surface area contributed by atoms with E-state index in [1.807, 2.05) is 0 Å². The van der Waals surface area contributed by atoms with Gasteiger partial charge < -0.3 is 20.1 Å². The molecule has 0 fully saturated rings. The summed E-state index contributed by atoms with van der Waals surface area (Å²) in [5.41, 5.74) is -0.430. The molecule has 0 heterocycles. The Kier molecular flexibility index (Phi) is 2.94. The number of carbonyl (C=O) groups is 2. The van der Waals surface area contributed by atoms with Crippen molar-refractivity contribution < 1.29 is 29.6 Å². The number of carbonyl (C=O) groups excluding carboxylic acids is 2. The van der Waals surface area contributed by atoms with E-state index in [9.17, 15) is 24.9 Å². The van der Waals surface area contributed by atoms with Crippen LogP contribution in [0.1, 0.15) is 33.2 Å². The predicted molar refractivity (Wildman–Crippen MR) is 64.5 cm³/mol. The highest BCUT2D eigenvalue weighted by Gasteiger charge is 2.38. The van der Waals surface area contributed by atoms with Crippen LogP contribution in [0, 0.1) is 0 Å². The zero-order valence-electron chi connectivity index (χ0n) is 10.4. The molecule has 6 heteroatoms. The minimum atomic E-state index is -0.949. The van der Waals surface area contributed by atoms with Gasteiger partial charge in [0.2, 0.25) is 23.1 Å². The van der Waals surface area contributed by atoms with Crippen molar-refractivity contribution >= 4 is 11.6 Å². The molecule has 3 N–H and O–H groups in total. The van der Waals surface area contributed by atoms with E-state index in [0.29, 0.717) is 12.0 Å². The van der Waals surface area contributed by atoms with Crippen LogP contribution >= 0.6 is 0 Å². The number of allylic oxidation sites excluding steroid dienone is 2. The van der Waals surface area contributed by atoms with Crippen LogP contribution in [0.5, 0.6) is 11.5 Å². The Morgan fingerprint density at radius 1 is 1.11 bits per heavy atom. The third kappa shape index (κ3) is 1.64. The molecule has 1 aromatic rings. The van der Waals surface area contributed by atoms with Crippen LogP contribution in [0.4, 0.5) is 0 Å². The highest BCUT2D eigenvalue weighted by molar-refractivity contribution is 6.27. The Hall–Kier alpha value is -2.50. The number of hydrogen-bond donors (Lipinski definition) is 3. The fourth-order valence-corrected chi connectivity index (χ4v) is 2.06. The zero-order chi connectivity index (χ0) is 14.3. The van der Waals surface area contributed by atoms with Gasteiger partial charge >= 0.3 is 0 Å². The average molecular weight is 264 g/mol. The number of hydrogen-bond acceptors (Lipinski definition) is 6. The van der Waals surface area contributed by atoms with Crippen LogP contribution in [0.25, 0.3) is 0 Å². The second kappa shape index (κ2) is 4.31. The number of aliphatic hydroxyl groups excluding tert-OH is 1. The largest absolute Gasteiger partial charge is 0.507 e. The van der Waals surface area contributed by atoms with Gasteiger partial charge in [0.1, 0.15) is 11.5 Å². The van der Waals surface area contributed by atoms with Gasteiger partial charge in [0.25, 0.3) is 0 Å². The van der Waals surface area contributed by atoms with Crippen LogP contribution in [0.15, 0.2) is 17.6 Å². The first kappa shape index (κ1) is 12.9. The van der Waals surface area contributed by atoms with Crippen molar-refractivity contribution in [3.8, 4) is 11.5 Å². The van der Waals surface area contributed by atoms with Crippen molar-refractivity contribution in [1.82, 2.24) is 0 Å². The quantitative estimate of drug-likeness (QED) is 0.698. The Bertz CT molecular complexity index is 627. The molecule has 0 radical (unpaired) electrons. The third-order valence-electron chi connectivity index (χ3n) is 3.03. The zero-order valence-corrected chi connectivity index (χ0v) is 10.4. The van der Waals surface area contributed by atoms with Crippen molar-refractivity contribution in [2.75, 3.05) is 7.11 Å². The van der Waals surface area contributed by atoms with Crippen LogP contribution in [-0.2, 0) is 11.2 Å². The topological polar surface area (TPSA) is 104 Å². The maximum atomic E-state index is 12.0. The number of rotatable bonds is 2. The van der Waals surface area contributed by atoms with E-state index in [0.717, 1.165) is 7.11 Å². The summed E-state index contributed by atoms with van der Waals surface area (Å²) in [4.78, 5) is 24.0. The second-order valence-electron chi connectivity index (χ2n) is 4.05. The van der Waals surface area contributed by atoms with Gasteiger partial charge in [-0.15, -0.1) is 0 Å². The summed E-state index contributed by atoms with van der Waals surface area (Å²) in [6, 6.07) is 1.22. The number of Topliss-reactive ketones (excluding diaryl/α,β-unsaturated/α-hetero) is 2. The molecule has 100 valence electrons. The van der Waals surface area contributed by atoms with Gasteiger partial charge in [0.05, 0.1) is 18.2 Å². The van der Waals surface area contributed by atoms with Gasteiger partial charge in [-0.2, -0.15) is 0 Å². The summed E-state index contributed by atoms with van der Waals surface area (Å²) in [6.45, 7) is 1.71. The minimum absolute atomic E-state index is 0.311. The Morgan fingerprint density at radius 3 is 2.26 bits per heavy atom. The van der Waals surface area contributed by atoms with Crippen molar-refractivity contribution in [1.29, 1.82) is 0 Å². The molecule has 0 aromatic heterocycles. The molecule has 1 aromatic carbocycles. The smallest absolute Gasteiger partial charge is 0.236 e. The summed E-state index contributed by atoms with van der Waals surface area (Å²) < 4.78 is 4.66. The SMILES string of the molecule is CCc1cc(O)c2c(c1O)C(=O)C(O)=C(OC)C2=O. The number of methoxy groups -OCH3 is 1. The number of aryl methyl sites for hydroxylation is 1. The molecular formula is C13H12O6. The number of ketones is 2. The van der Waals surface area contributed by atoms with Gasteiger partial charge in [0, 0.05) is 0 Å². The van der Waals surface area contributed by atoms with Gasteiger partial charge in [-0.05, 0) is 18.1 Å². The van der Waals surface area contributed by atoms with Crippen molar-refractivity contribution in [3.63, 3.8) is 0 Å². The number of phenolic OH excluding ortho intramolecular Hbond substituents is 2. The van der Waals surface area contributed by atoms with E-state index < -0.39 is 34.6 Å². The summed E-state index contributed by atoms with van der Waals surface area (Å²) in [5, 5.41) is 29.4. The molecule has 6 nitrogen and oxygen atoms in total. The molecule has 0 amide bonds. The standard InChI is InChI=1S/C13H12O6/c1-3-5-4-6(14)7-8(9(5)15)10(16)12(18)13(19-2)11(7)17/h4,14-15,18H,3H2,1-2H3. The minimum Gasteiger partial charge on any atom is -0.507 e. The Balaban J connectivity index is 2.83. The number of benzene rings is 1. The normalized spacial score (nSPS) is 14.6. The first-order chi connectivity index (χ1) is 8.93. The Labute approximate surface area is 108 Å². The highest BCUT2D eigenvalue weighted by Crippen LogP contribution is 2.39. The van der Waals surface area contributed by atoms with Crippen LogP contribution in [0.3, 0.4) is 0 Å². The molecule has 0 spiro atoms. The van der Waals surface area contributed by atoms with Crippen molar-refractivity contribution in [3.05, 3.63) is 34.3 Å². The first-order valence-corrected chi connectivity index (χ1v) is 5.58. The van der Waals surface area contributed by atoms with E-state index in [1.54, 1.807) is 6.92 Å². The van der Waals surface area contributed by atoms with E-state index in [4.69, 9.17) is 0 Å². The fraction of sp³-hybridized carbons (Fsp3) is 0.231. The lowest BCUT2D eigenvalue weighted by molar-refractivity contribution is 0.0850. The molecule has 0 saturated carbocycles. The molecule has 0 bridgehead atoms. The van der Waals surface area contributed by atoms with Gasteiger partial charge in [-0.25, -0.2) is 0 Å². The number of aliphatic hydroxyl groups is 1. The maximum Gasteiger partial charge on any atom is 0.236 e. The van der Waals surface area contributed by atoms with Crippen LogP contribution in [0.2, 0.25) is 0 Å². The monoisotopic (exact) mass is 264 g/mol. The van der Waals surface area contributed by atoms with E-state index >= 15 is 0 Å². The van der Waals surface area contributed by atoms with Gasteiger partial charge in [-0.1, -0.05) is 6.92 Å².